The van der Waals surface area contributed by atoms with Gasteiger partial charge in [-0.25, -0.2) is 0 Å². The molecule has 0 aromatic heterocycles. The number of ketones is 1. The van der Waals surface area contributed by atoms with E-state index in [4.69, 9.17) is 4.74 Å². The quantitative estimate of drug-likeness (QED) is 0.552. The number of hydrogen-bond donors (Lipinski definition) is 2. The highest BCUT2D eigenvalue weighted by atomic mass is 16.5. The molecule has 2 amide bonds. The summed E-state index contributed by atoms with van der Waals surface area (Å²) in [4.78, 5) is 65.2. The standard InChI is InChI=1S/C29H30N2O8/c1-30(2)27(34)21-4-3-11-31(21)26(33)16-7-5-15(6-8-16)14-39-17-9-10-18-19(12-17)23-22(32)13-20(18)24(28(35)36)25(23)29(37)38/h5-10,12,20-21,23-25H,3-4,11,13-14H2,1-2H3,(H,35,36)(H,37,38). The summed E-state index contributed by atoms with van der Waals surface area (Å²) in [5.74, 6) is -6.77. The molecule has 6 rings (SSSR count). The minimum absolute atomic E-state index is 0.0190. The zero-order valence-electron chi connectivity index (χ0n) is 21.7. The zero-order chi connectivity index (χ0) is 28.0. The van der Waals surface area contributed by atoms with Crippen LogP contribution in [0.25, 0.3) is 0 Å². The third-order valence-corrected chi connectivity index (χ3v) is 8.16. The number of carbonyl (C=O) groups is 5. The van der Waals surface area contributed by atoms with Crippen LogP contribution < -0.4 is 4.74 Å². The first-order valence-electron chi connectivity index (χ1n) is 12.9. The van der Waals surface area contributed by atoms with Gasteiger partial charge in [0.15, 0.2) is 0 Å². The van der Waals surface area contributed by atoms with Crippen molar-refractivity contribution in [3.05, 3.63) is 64.7 Å². The van der Waals surface area contributed by atoms with Crippen molar-refractivity contribution < 1.29 is 38.9 Å². The highest BCUT2D eigenvalue weighted by Crippen LogP contribution is 2.54. The largest absolute Gasteiger partial charge is 0.489 e. The molecule has 5 atom stereocenters. The van der Waals surface area contributed by atoms with Crippen molar-refractivity contribution >= 4 is 29.5 Å². The van der Waals surface area contributed by atoms with E-state index >= 15 is 0 Å². The van der Waals surface area contributed by atoms with Crippen LogP contribution >= 0.6 is 0 Å². The summed E-state index contributed by atoms with van der Waals surface area (Å²) in [5, 5.41) is 19.4. The minimum atomic E-state index is -1.31. The first-order chi connectivity index (χ1) is 18.6. The number of fused-ring (bicyclic) bond motifs is 2. The molecular weight excluding hydrogens is 504 g/mol. The molecule has 2 fully saturated rings. The molecule has 39 heavy (non-hydrogen) atoms. The van der Waals surface area contributed by atoms with E-state index < -0.39 is 41.7 Å². The Bertz CT molecular complexity index is 1350. The van der Waals surface area contributed by atoms with Crippen LogP contribution in [0.5, 0.6) is 5.75 Å². The first kappa shape index (κ1) is 26.4. The van der Waals surface area contributed by atoms with Crippen molar-refractivity contribution in [3.63, 3.8) is 0 Å². The van der Waals surface area contributed by atoms with Crippen LogP contribution in [0, 0.1) is 11.8 Å². The van der Waals surface area contributed by atoms with Crippen molar-refractivity contribution in [2.75, 3.05) is 20.6 Å². The van der Waals surface area contributed by atoms with E-state index in [1.165, 1.54) is 4.90 Å². The fraction of sp³-hybridized carbons (Fsp3) is 0.414. The van der Waals surface area contributed by atoms with Gasteiger partial charge in [0.1, 0.15) is 24.2 Å². The van der Waals surface area contributed by atoms with Crippen LogP contribution in [-0.2, 0) is 25.8 Å². The van der Waals surface area contributed by atoms with Crippen molar-refractivity contribution in [3.8, 4) is 5.75 Å². The van der Waals surface area contributed by atoms with Crippen molar-refractivity contribution in [2.24, 2.45) is 11.8 Å². The van der Waals surface area contributed by atoms with Crippen molar-refractivity contribution in [1.29, 1.82) is 0 Å². The van der Waals surface area contributed by atoms with E-state index in [-0.39, 0.29) is 30.6 Å². The molecule has 1 aliphatic heterocycles. The molecule has 5 unspecified atom stereocenters. The summed E-state index contributed by atoms with van der Waals surface area (Å²) < 4.78 is 5.93. The summed E-state index contributed by atoms with van der Waals surface area (Å²) >= 11 is 0. The fourth-order valence-electron chi connectivity index (χ4n) is 6.31. The Hall–Kier alpha value is -4.21. The highest BCUT2D eigenvalue weighted by Gasteiger charge is 2.57. The Labute approximate surface area is 225 Å². The number of benzene rings is 2. The number of carbonyl (C=O) groups excluding carboxylic acids is 3. The molecule has 4 aliphatic rings. The molecule has 10 heteroatoms. The monoisotopic (exact) mass is 534 g/mol. The average Bonchev–Trinajstić information content (AvgIpc) is 3.40. The molecule has 2 N–H and O–H groups in total. The lowest BCUT2D eigenvalue weighted by Crippen LogP contribution is -2.49. The summed E-state index contributed by atoms with van der Waals surface area (Å²) in [5.41, 5.74) is 2.48. The Balaban J connectivity index is 1.29. The fourth-order valence-corrected chi connectivity index (χ4v) is 6.31. The Morgan fingerprint density at radius 1 is 0.974 bits per heavy atom. The molecule has 204 valence electrons. The molecule has 10 nitrogen and oxygen atoms in total. The van der Waals surface area contributed by atoms with Crippen LogP contribution in [0.4, 0.5) is 0 Å². The van der Waals surface area contributed by atoms with E-state index in [0.29, 0.717) is 35.4 Å². The maximum atomic E-state index is 13.1. The predicted octanol–water partition coefficient (Wildman–Crippen LogP) is 2.51. The van der Waals surface area contributed by atoms with Crippen LogP contribution in [0.1, 0.15) is 58.1 Å². The number of hydrogen-bond acceptors (Lipinski definition) is 6. The van der Waals surface area contributed by atoms with Gasteiger partial charge in [0.25, 0.3) is 5.91 Å². The SMILES string of the molecule is CN(C)C(=O)C1CCCN1C(=O)c1ccc(COc2ccc3c(c2)C2C(=O)CC3C(C(=O)O)C2C(=O)O)cc1. The molecule has 1 heterocycles. The average molecular weight is 535 g/mol. The van der Waals surface area contributed by atoms with E-state index in [1.54, 1.807) is 61.5 Å². The van der Waals surface area contributed by atoms with Gasteiger partial charge < -0.3 is 24.7 Å². The molecule has 1 saturated heterocycles. The van der Waals surface area contributed by atoms with Gasteiger partial charge in [-0.3, -0.25) is 24.0 Å². The summed E-state index contributed by atoms with van der Waals surface area (Å²) in [6, 6.07) is 11.6. The van der Waals surface area contributed by atoms with Gasteiger partial charge in [0.2, 0.25) is 5.91 Å². The molecule has 0 spiro atoms. The maximum Gasteiger partial charge on any atom is 0.308 e. The van der Waals surface area contributed by atoms with E-state index in [9.17, 15) is 34.2 Å². The molecule has 3 aliphatic carbocycles. The van der Waals surface area contributed by atoms with E-state index in [0.717, 1.165) is 12.0 Å². The lowest BCUT2D eigenvalue weighted by Gasteiger charge is -2.45. The van der Waals surface area contributed by atoms with Crippen LogP contribution in [0.15, 0.2) is 42.5 Å². The van der Waals surface area contributed by atoms with E-state index in [2.05, 4.69) is 0 Å². The molecule has 2 bridgehead atoms. The minimum Gasteiger partial charge on any atom is -0.489 e. The van der Waals surface area contributed by atoms with Gasteiger partial charge in [-0.05, 0) is 53.8 Å². The predicted molar refractivity (Wildman–Crippen MR) is 137 cm³/mol. The van der Waals surface area contributed by atoms with Crippen LogP contribution in [0.2, 0.25) is 0 Å². The van der Waals surface area contributed by atoms with E-state index in [1.807, 2.05) is 0 Å². The number of likely N-dealkylation sites (tertiary alicyclic amines) is 1. The first-order valence-corrected chi connectivity index (χ1v) is 12.9. The Kier molecular flexibility index (Phi) is 6.88. The molecule has 2 aromatic carbocycles. The number of carboxylic acids is 2. The van der Waals surface area contributed by atoms with Gasteiger partial charge in [-0.2, -0.15) is 0 Å². The Morgan fingerprint density at radius 3 is 2.31 bits per heavy atom. The van der Waals surface area contributed by atoms with Crippen molar-refractivity contribution in [2.45, 2.75) is 43.7 Å². The van der Waals surface area contributed by atoms with Crippen LogP contribution in [-0.4, -0.2) is 76.2 Å². The summed E-state index contributed by atoms with van der Waals surface area (Å²) in [7, 11) is 3.36. The maximum absolute atomic E-state index is 13.1. The number of carboxylic acid groups (broad SMARTS) is 2. The van der Waals surface area contributed by atoms with Gasteiger partial charge in [0.05, 0.1) is 17.8 Å². The number of Topliss-reactive ketones (excluding diaryl/α,β-unsaturated/α-hetero) is 1. The number of rotatable bonds is 7. The summed E-state index contributed by atoms with van der Waals surface area (Å²) in [6.45, 7) is 0.702. The smallest absolute Gasteiger partial charge is 0.308 e. The third kappa shape index (κ3) is 4.64. The van der Waals surface area contributed by atoms with Gasteiger partial charge in [-0.15, -0.1) is 0 Å². The zero-order valence-corrected chi connectivity index (χ0v) is 21.7. The molecular formula is C29H30N2O8. The number of nitrogens with zero attached hydrogens (tertiary/aromatic N) is 2. The molecule has 0 radical (unpaired) electrons. The van der Waals surface area contributed by atoms with Crippen LogP contribution in [0.3, 0.4) is 0 Å². The normalized spacial score (nSPS) is 25.2. The highest BCUT2D eigenvalue weighted by molar-refractivity contribution is 5.99. The molecule has 2 aromatic rings. The second-order valence-corrected chi connectivity index (χ2v) is 10.6. The van der Waals surface area contributed by atoms with Gasteiger partial charge in [-0.1, -0.05) is 18.2 Å². The topological polar surface area (TPSA) is 142 Å². The van der Waals surface area contributed by atoms with Crippen molar-refractivity contribution in [1.82, 2.24) is 9.80 Å². The molecule has 1 saturated carbocycles. The number of aliphatic carboxylic acids is 2. The third-order valence-electron chi connectivity index (χ3n) is 8.16. The lowest BCUT2D eigenvalue weighted by molar-refractivity contribution is -0.160. The number of ether oxygens (including phenoxy) is 1. The lowest BCUT2D eigenvalue weighted by atomic mass is 9.55. The summed E-state index contributed by atoms with van der Waals surface area (Å²) in [6.07, 6.45) is 1.44. The van der Waals surface area contributed by atoms with Gasteiger partial charge >= 0.3 is 11.9 Å². The second kappa shape index (κ2) is 10.2. The number of amides is 2. The second-order valence-electron chi connectivity index (χ2n) is 10.6. The number of likely N-dealkylation sites (N-methyl/N-ethyl adjacent to an activating group) is 1. The Morgan fingerprint density at radius 2 is 1.67 bits per heavy atom. The van der Waals surface area contributed by atoms with Gasteiger partial charge in [0, 0.05) is 38.5 Å².